The molecule has 280 valence electrons. The van der Waals surface area contributed by atoms with Crippen molar-refractivity contribution in [3.8, 4) is 11.5 Å². The monoisotopic (exact) mass is 722 g/mol. The summed E-state index contributed by atoms with van der Waals surface area (Å²) < 4.78 is 0. The number of nitrogens with one attached hydrogen (secondary N) is 3. The molecule has 52 heavy (non-hydrogen) atoms. The van der Waals surface area contributed by atoms with Gasteiger partial charge in [-0.15, -0.1) is 0 Å². The summed E-state index contributed by atoms with van der Waals surface area (Å²) in [6.45, 7) is 2.32. The highest BCUT2D eigenvalue weighted by atomic mass is 16.4. The summed E-state index contributed by atoms with van der Waals surface area (Å²) in [5.41, 5.74) is 17.7. The largest absolute Gasteiger partial charge is 0.508 e. The number of nitrogens with two attached hydrogens (primary N) is 4. The quantitative estimate of drug-likeness (QED) is 0.0534. The lowest BCUT2D eigenvalue weighted by atomic mass is 9.78. The van der Waals surface area contributed by atoms with Gasteiger partial charge < -0.3 is 59.3 Å². The molecule has 0 aromatic heterocycles. The standard InChI is InChI=1S/C34H46N10O8/c1-20(27(47)39-17-12-22-4-8-24(45)9-5-22)43-29(49)34(52)26(14-19-42-32(37)38)33(51,15-3-16-41-31(35)36)30(50)44(34)21(2)28(48)40-18-13-23-6-10-25(46)11-7-23/h4-13,17-18,20-21,26,45-46,51-52H,3,14-16,19H2,1-2H3,(H,39,47)(H,40,48)(H,43,49)(H4,35,36,41)(H4,37,38,42)/b17-12+,18-13+/t20-,21-,26+,33-,34-/m0/s1. The smallest absolute Gasteiger partial charge is 0.274 e. The molecule has 2 aromatic carbocycles. The van der Waals surface area contributed by atoms with Gasteiger partial charge in [0.1, 0.15) is 23.6 Å². The van der Waals surface area contributed by atoms with E-state index < -0.39 is 53.0 Å². The van der Waals surface area contributed by atoms with E-state index in [0.717, 1.165) is 0 Å². The van der Waals surface area contributed by atoms with Crippen LogP contribution in [0.15, 0.2) is 70.9 Å². The van der Waals surface area contributed by atoms with E-state index in [9.17, 15) is 39.6 Å². The number of nitrogens with zero attached hydrogens (tertiary/aromatic N) is 3. The van der Waals surface area contributed by atoms with Gasteiger partial charge in [0, 0.05) is 25.5 Å². The maximum absolute atomic E-state index is 14.2. The van der Waals surface area contributed by atoms with E-state index in [1.54, 1.807) is 24.3 Å². The molecular formula is C34H46N10O8. The molecule has 0 spiro atoms. The normalized spacial score (nSPS) is 21.0. The minimum atomic E-state index is -2.92. The summed E-state index contributed by atoms with van der Waals surface area (Å²) in [6, 6.07) is 9.29. The molecule has 18 nitrogen and oxygen atoms in total. The van der Waals surface area contributed by atoms with Gasteiger partial charge in [0.15, 0.2) is 17.5 Å². The second-order valence-electron chi connectivity index (χ2n) is 12.1. The van der Waals surface area contributed by atoms with Crippen molar-refractivity contribution in [1.82, 2.24) is 20.9 Å². The molecule has 0 radical (unpaired) electrons. The van der Waals surface area contributed by atoms with Gasteiger partial charge in [-0.05, 0) is 80.7 Å². The molecule has 0 unspecified atom stereocenters. The zero-order chi connectivity index (χ0) is 38.6. The highest BCUT2D eigenvalue weighted by molar-refractivity contribution is 6.02. The predicted molar refractivity (Wildman–Crippen MR) is 193 cm³/mol. The Hall–Kier alpha value is -6.14. The van der Waals surface area contributed by atoms with E-state index in [-0.39, 0.29) is 55.8 Å². The molecule has 1 heterocycles. The van der Waals surface area contributed by atoms with E-state index in [2.05, 4.69) is 25.9 Å². The number of aliphatic imine (C=N–C) groups is 2. The Morgan fingerprint density at radius 1 is 0.827 bits per heavy atom. The van der Waals surface area contributed by atoms with Crippen molar-refractivity contribution in [2.75, 3.05) is 13.1 Å². The summed E-state index contributed by atoms with van der Waals surface area (Å²) in [6.07, 6.45) is 4.96. The van der Waals surface area contributed by atoms with Crippen LogP contribution in [-0.4, -0.2) is 97.4 Å². The Kier molecular flexibility index (Phi) is 13.7. The average molecular weight is 723 g/mol. The van der Waals surface area contributed by atoms with Crippen molar-refractivity contribution in [3.05, 3.63) is 72.1 Å². The number of amides is 4. The first-order valence-corrected chi connectivity index (χ1v) is 16.2. The number of aromatic hydroxyl groups is 2. The van der Waals surface area contributed by atoms with Crippen molar-refractivity contribution in [1.29, 1.82) is 0 Å². The van der Waals surface area contributed by atoms with E-state index in [1.807, 2.05) is 0 Å². The van der Waals surface area contributed by atoms with Gasteiger partial charge in [0.05, 0.1) is 5.92 Å². The number of phenols is 2. The fourth-order valence-electron chi connectivity index (χ4n) is 5.69. The number of hydrogen-bond acceptors (Lipinski definition) is 10. The van der Waals surface area contributed by atoms with Crippen LogP contribution in [0.2, 0.25) is 0 Å². The van der Waals surface area contributed by atoms with Crippen LogP contribution >= 0.6 is 0 Å². The highest BCUT2D eigenvalue weighted by Gasteiger charge is 2.70. The van der Waals surface area contributed by atoms with Crippen LogP contribution in [0.4, 0.5) is 0 Å². The number of rotatable bonds is 16. The second-order valence-corrected chi connectivity index (χ2v) is 12.1. The Labute approximate surface area is 300 Å². The van der Waals surface area contributed by atoms with Crippen LogP contribution in [-0.2, 0) is 19.2 Å². The summed E-state index contributed by atoms with van der Waals surface area (Å²) in [5.74, 6) is -6.07. The summed E-state index contributed by atoms with van der Waals surface area (Å²) in [7, 11) is 0. The first-order valence-electron chi connectivity index (χ1n) is 16.2. The maximum atomic E-state index is 14.2. The summed E-state index contributed by atoms with van der Waals surface area (Å²) in [5, 5.41) is 50.8. The molecule has 18 heteroatoms. The van der Waals surface area contributed by atoms with E-state index >= 15 is 0 Å². The van der Waals surface area contributed by atoms with Crippen molar-refractivity contribution in [2.45, 2.75) is 56.5 Å². The van der Waals surface area contributed by atoms with Crippen LogP contribution < -0.4 is 38.9 Å². The van der Waals surface area contributed by atoms with Gasteiger partial charge in [0.2, 0.25) is 17.5 Å². The molecule has 3 rings (SSSR count). The molecule has 0 aliphatic carbocycles. The Morgan fingerprint density at radius 2 is 1.31 bits per heavy atom. The van der Waals surface area contributed by atoms with Crippen LogP contribution in [0.25, 0.3) is 12.2 Å². The third-order valence-electron chi connectivity index (χ3n) is 8.37. The zero-order valence-corrected chi connectivity index (χ0v) is 28.8. The Bertz CT molecular complexity index is 1710. The predicted octanol–water partition coefficient (Wildman–Crippen LogP) is -1.54. The Balaban J connectivity index is 1.97. The number of guanidine groups is 2. The zero-order valence-electron chi connectivity index (χ0n) is 28.8. The Morgan fingerprint density at radius 3 is 1.81 bits per heavy atom. The van der Waals surface area contributed by atoms with E-state index in [4.69, 9.17) is 22.9 Å². The molecule has 0 saturated carbocycles. The molecule has 2 aromatic rings. The summed E-state index contributed by atoms with van der Waals surface area (Å²) in [4.78, 5) is 63.1. The van der Waals surface area contributed by atoms with Crippen LogP contribution in [0.3, 0.4) is 0 Å². The minimum absolute atomic E-state index is 0.0177. The SMILES string of the molecule is C[C@H](NC(=O)[C@@]1(O)[C@H](CCN=C(N)N)[C@@](O)(CCCN=C(N)N)C(=O)N1[C@@H](C)C(=O)N/C=C/c1ccc(O)cc1)C(=O)N/C=C/c1ccc(O)cc1. The average Bonchev–Trinajstić information content (AvgIpc) is 3.26. The van der Waals surface area contributed by atoms with Gasteiger partial charge in [-0.3, -0.25) is 34.1 Å². The molecule has 1 saturated heterocycles. The fraction of sp³-hybridized carbons (Fsp3) is 0.353. The lowest BCUT2D eigenvalue weighted by Gasteiger charge is -2.39. The van der Waals surface area contributed by atoms with Gasteiger partial charge in [-0.25, -0.2) is 0 Å². The number of likely N-dealkylation sites (tertiary alicyclic amines) is 1. The van der Waals surface area contributed by atoms with Crippen molar-refractivity contribution < 1.29 is 39.6 Å². The van der Waals surface area contributed by atoms with Gasteiger partial charge >= 0.3 is 0 Å². The number of carbonyl (C=O) groups excluding carboxylic acids is 4. The third-order valence-corrected chi connectivity index (χ3v) is 8.37. The third kappa shape index (κ3) is 9.98. The minimum Gasteiger partial charge on any atom is -0.508 e. The maximum Gasteiger partial charge on any atom is 0.274 e. The molecule has 5 atom stereocenters. The lowest BCUT2D eigenvalue weighted by Crippen LogP contribution is -2.65. The topological polar surface area (TPSA) is 317 Å². The van der Waals surface area contributed by atoms with Crippen LogP contribution in [0.5, 0.6) is 11.5 Å². The molecule has 15 N–H and O–H groups in total. The van der Waals surface area contributed by atoms with Crippen molar-refractivity contribution >= 4 is 47.7 Å². The fourth-order valence-corrected chi connectivity index (χ4v) is 5.69. The molecule has 1 aliphatic heterocycles. The lowest BCUT2D eigenvalue weighted by molar-refractivity contribution is -0.180. The van der Waals surface area contributed by atoms with Crippen LogP contribution in [0.1, 0.15) is 44.2 Å². The van der Waals surface area contributed by atoms with Crippen molar-refractivity contribution in [3.63, 3.8) is 0 Å². The number of carbonyl (C=O) groups is 4. The van der Waals surface area contributed by atoms with Gasteiger partial charge in [-0.2, -0.15) is 0 Å². The molecule has 4 amide bonds. The number of aliphatic hydroxyl groups is 2. The first-order chi connectivity index (χ1) is 24.5. The number of benzene rings is 2. The number of hydrogen-bond donors (Lipinski definition) is 11. The first kappa shape index (κ1) is 40.3. The van der Waals surface area contributed by atoms with Crippen LogP contribution in [0, 0.1) is 5.92 Å². The van der Waals surface area contributed by atoms with Gasteiger partial charge in [-0.1, -0.05) is 24.3 Å². The number of phenolic OH excluding ortho intramolecular Hbond substituents is 2. The molecule has 1 fully saturated rings. The van der Waals surface area contributed by atoms with E-state index in [1.165, 1.54) is 62.7 Å². The summed E-state index contributed by atoms with van der Waals surface area (Å²) >= 11 is 0. The molecule has 1 aliphatic rings. The molecular weight excluding hydrogens is 676 g/mol. The highest BCUT2D eigenvalue weighted by Crippen LogP contribution is 2.47. The second kappa shape index (κ2) is 17.7. The molecule has 0 bridgehead atoms. The van der Waals surface area contributed by atoms with E-state index in [0.29, 0.717) is 16.0 Å². The van der Waals surface area contributed by atoms with Gasteiger partial charge in [0.25, 0.3) is 11.8 Å². The van der Waals surface area contributed by atoms with Crippen molar-refractivity contribution in [2.24, 2.45) is 38.8 Å².